The van der Waals surface area contributed by atoms with Crippen molar-refractivity contribution in [2.24, 2.45) is 0 Å². The SMILES string of the molecule is CCCCCCOc1cc2c3c4c1cccc4c(=O)c1cc(OCCCCCC)c4cccc(c2=O)c4c1-3. The lowest BCUT2D eigenvalue weighted by atomic mass is 9.81. The summed E-state index contributed by atoms with van der Waals surface area (Å²) in [5.41, 5.74) is 1.69. The maximum Gasteiger partial charge on any atom is 0.194 e. The van der Waals surface area contributed by atoms with E-state index in [-0.39, 0.29) is 10.9 Å². The Labute approximate surface area is 222 Å². The Balaban J connectivity index is 1.59. The van der Waals surface area contributed by atoms with Crippen LogP contribution < -0.4 is 20.3 Å². The van der Waals surface area contributed by atoms with Crippen LogP contribution in [0, 0.1) is 0 Å². The Bertz CT molecular complexity index is 1650. The lowest BCUT2D eigenvalue weighted by Crippen LogP contribution is -2.14. The second-order valence-electron chi connectivity index (χ2n) is 10.5. The predicted octanol–water partition coefficient (Wildman–Crippen LogP) is 8.36. The molecule has 4 heteroatoms. The van der Waals surface area contributed by atoms with Gasteiger partial charge in [-0.2, -0.15) is 0 Å². The molecule has 0 N–H and O–H groups in total. The zero-order valence-corrected chi connectivity index (χ0v) is 22.3. The average molecular weight is 507 g/mol. The molecule has 0 heterocycles. The van der Waals surface area contributed by atoms with E-state index >= 15 is 0 Å². The van der Waals surface area contributed by atoms with Crippen molar-refractivity contribution in [1.82, 2.24) is 0 Å². The molecule has 2 aliphatic rings. The van der Waals surface area contributed by atoms with Crippen LogP contribution in [0.15, 0.2) is 58.1 Å². The van der Waals surface area contributed by atoms with Crippen molar-refractivity contribution >= 4 is 43.1 Å². The first kappa shape index (κ1) is 24.7. The fourth-order valence-corrected chi connectivity index (χ4v) is 6.09. The van der Waals surface area contributed by atoms with Gasteiger partial charge < -0.3 is 9.47 Å². The van der Waals surface area contributed by atoms with Crippen LogP contribution in [0.4, 0.5) is 0 Å². The number of hydrogen-bond donors (Lipinski definition) is 0. The highest BCUT2D eigenvalue weighted by Crippen LogP contribution is 2.49. The molecule has 4 nitrogen and oxygen atoms in total. The molecule has 0 fully saturated rings. The lowest BCUT2D eigenvalue weighted by molar-refractivity contribution is 0.308. The van der Waals surface area contributed by atoms with Crippen LogP contribution in [0.3, 0.4) is 0 Å². The van der Waals surface area contributed by atoms with Crippen molar-refractivity contribution in [1.29, 1.82) is 0 Å². The molecule has 38 heavy (non-hydrogen) atoms. The zero-order chi connectivity index (χ0) is 26.2. The third kappa shape index (κ3) is 3.89. The first-order valence-corrected chi connectivity index (χ1v) is 14.2. The summed E-state index contributed by atoms with van der Waals surface area (Å²) >= 11 is 0. The predicted molar refractivity (Wildman–Crippen MR) is 158 cm³/mol. The van der Waals surface area contributed by atoms with Crippen LogP contribution in [0.2, 0.25) is 0 Å². The first-order chi connectivity index (χ1) is 18.7. The van der Waals surface area contributed by atoms with Crippen molar-refractivity contribution in [3.8, 4) is 22.6 Å². The van der Waals surface area contributed by atoms with E-state index in [1.54, 1.807) is 0 Å². The smallest absolute Gasteiger partial charge is 0.194 e. The molecule has 4 aromatic rings. The largest absolute Gasteiger partial charge is 0.493 e. The van der Waals surface area contributed by atoms with Gasteiger partial charge in [0, 0.05) is 54.2 Å². The molecule has 0 saturated carbocycles. The number of benzene rings is 6. The van der Waals surface area contributed by atoms with E-state index in [9.17, 15) is 9.59 Å². The highest BCUT2D eigenvalue weighted by molar-refractivity contribution is 6.29. The second-order valence-corrected chi connectivity index (χ2v) is 10.5. The maximum atomic E-state index is 14.0. The summed E-state index contributed by atoms with van der Waals surface area (Å²) in [4.78, 5) is 28.0. The van der Waals surface area contributed by atoms with Gasteiger partial charge in [0.05, 0.1) is 13.2 Å². The Morgan fingerprint density at radius 3 is 1.37 bits per heavy atom. The van der Waals surface area contributed by atoms with Gasteiger partial charge in [-0.05, 0) is 25.0 Å². The summed E-state index contributed by atoms with van der Waals surface area (Å²) in [5, 5.41) is 5.96. The average Bonchev–Trinajstić information content (AvgIpc) is 2.94. The van der Waals surface area contributed by atoms with Crippen LogP contribution in [0.1, 0.15) is 65.2 Å². The highest BCUT2D eigenvalue weighted by atomic mass is 16.5. The van der Waals surface area contributed by atoms with Crippen LogP contribution in [0.25, 0.3) is 54.2 Å². The third-order valence-corrected chi connectivity index (χ3v) is 7.99. The zero-order valence-electron chi connectivity index (χ0n) is 22.3. The summed E-state index contributed by atoms with van der Waals surface area (Å²) in [5.74, 6) is 1.37. The van der Waals surface area contributed by atoms with Crippen LogP contribution in [-0.4, -0.2) is 13.2 Å². The van der Waals surface area contributed by atoms with Gasteiger partial charge in [-0.1, -0.05) is 88.8 Å². The Morgan fingerprint density at radius 2 is 0.947 bits per heavy atom. The highest BCUT2D eigenvalue weighted by Gasteiger charge is 2.28. The number of hydrogen-bond acceptors (Lipinski definition) is 4. The van der Waals surface area contributed by atoms with Crippen molar-refractivity contribution in [2.75, 3.05) is 13.2 Å². The standard InChI is InChI=1S/C34H34O4/c1-3-5-7-9-17-37-27-19-25-31-29-21(27)13-11-15-23(29)34(36)26-20-28(38-18-10-8-6-4-2)22-14-12-16-24(33(25)35)30(22)32(26)31/h11-16,19-20H,3-10,17-18H2,1-2H3. The first-order valence-electron chi connectivity index (χ1n) is 14.2. The van der Waals surface area contributed by atoms with Gasteiger partial charge in [-0.15, -0.1) is 0 Å². The number of unbranched alkanes of at least 4 members (excludes halogenated alkanes) is 6. The fraction of sp³-hybridized carbons (Fsp3) is 0.353. The molecule has 0 saturated heterocycles. The molecule has 0 aliphatic heterocycles. The maximum absolute atomic E-state index is 14.0. The van der Waals surface area contributed by atoms with Crippen LogP contribution >= 0.6 is 0 Å². The fourth-order valence-electron chi connectivity index (χ4n) is 6.09. The minimum Gasteiger partial charge on any atom is -0.493 e. The van der Waals surface area contributed by atoms with Crippen molar-refractivity contribution < 1.29 is 9.47 Å². The Kier molecular flexibility index (Phi) is 6.65. The molecule has 6 rings (SSSR count). The van der Waals surface area contributed by atoms with E-state index in [2.05, 4.69) is 13.8 Å². The van der Waals surface area contributed by atoms with Gasteiger partial charge in [0.1, 0.15) is 11.5 Å². The summed E-state index contributed by atoms with van der Waals surface area (Å²) in [6.07, 6.45) is 8.85. The van der Waals surface area contributed by atoms with E-state index in [0.29, 0.717) is 46.3 Å². The quantitative estimate of drug-likeness (QED) is 0.0950. The van der Waals surface area contributed by atoms with Gasteiger partial charge >= 0.3 is 0 Å². The molecule has 0 bridgehead atoms. The summed E-state index contributed by atoms with van der Waals surface area (Å²) in [6.45, 7) is 5.57. The molecule has 0 radical (unpaired) electrons. The molecule has 0 spiro atoms. The number of ether oxygens (including phenoxy) is 2. The molecule has 0 unspecified atom stereocenters. The van der Waals surface area contributed by atoms with E-state index in [1.807, 2.05) is 48.5 Å². The monoisotopic (exact) mass is 506 g/mol. The van der Waals surface area contributed by atoms with Crippen molar-refractivity contribution in [3.05, 3.63) is 69.0 Å². The third-order valence-electron chi connectivity index (χ3n) is 7.99. The molecular weight excluding hydrogens is 472 g/mol. The molecule has 194 valence electrons. The molecular formula is C34H34O4. The van der Waals surface area contributed by atoms with E-state index in [4.69, 9.17) is 9.47 Å². The van der Waals surface area contributed by atoms with Crippen molar-refractivity contribution in [2.45, 2.75) is 65.2 Å². The summed E-state index contributed by atoms with van der Waals surface area (Å²) in [7, 11) is 0. The van der Waals surface area contributed by atoms with Gasteiger partial charge in [-0.25, -0.2) is 0 Å². The minimum absolute atomic E-state index is 0.0222. The molecule has 2 aliphatic carbocycles. The van der Waals surface area contributed by atoms with Crippen LogP contribution in [-0.2, 0) is 0 Å². The normalized spacial score (nSPS) is 12.2. The van der Waals surface area contributed by atoms with E-state index in [0.717, 1.165) is 58.4 Å². The Hall–Kier alpha value is -3.66. The summed E-state index contributed by atoms with van der Waals surface area (Å²) < 4.78 is 12.5. The van der Waals surface area contributed by atoms with Gasteiger partial charge in [0.25, 0.3) is 0 Å². The second kappa shape index (κ2) is 10.2. The van der Waals surface area contributed by atoms with Gasteiger partial charge in [-0.3, -0.25) is 9.59 Å². The van der Waals surface area contributed by atoms with E-state index in [1.165, 1.54) is 25.7 Å². The minimum atomic E-state index is -0.0222. The van der Waals surface area contributed by atoms with Crippen LogP contribution in [0.5, 0.6) is 11.5 Å². The topological polar surface area (TPSA) is 52.6 Å². The molecule has 4 aromatic carbocycles. The molecule has 0 amide bonds. The Morgan fingerprint density at radius 1 is 0.526 bits per heavy atom. The van der Waals surface area contributed by atoms with Gasteiger partial charge in [0.2, 0.25) is 0 Å². The molecule has 0 aromatic heterocycles. The van der Waals surface area contributed by atoms with Gasteiger partial charge in [0.15, 0.2) is 10.9 Å². The van der Waals surface area contributed by atoms with Crippen molar-refractivity contribution in [3.63, 3.8) is 0 Å². The molecule has 0 atom stereocenters. The summed E-state index contributed by atoms with van der Waals surface area (Å²) in [6, 6.07) is 15.4. The number of rotatable bonds is 12. The van der Waals surface area contributed by atoms with E-state index < -0.39 is 0 Å². The lowest BCUT2D eigenvalue weighted by Gasteiger charge is -2.23.